The lowest BCUT2D eigenvalue weighted by Gasteiger charge is -2.51. The molecule has 2 unspecified atom stereocenters. The molecule has 0 radical (unpaired) electrons. The number of hydrogen-bond donors (Lipinski definition) is 1. The fraction of sp³-hybridized carbons (Fsp3) is 0.833. The van der Waals surface area contributed by atoms with E-state index in [2.05, 4.69) is 43.2 Å². The van der Waals surface area contributed by atoms with Crippen LogP contribution in [0, 0.1) is 5.41 Å². The minimum Gasteiger partial charge on any atom is -0.378 e. The molecule has 1 fully saturated rings. The van der Waals surface area contributed by atoms with Crippen molar-refractivity contribution in [1.82, 2.24) is 10.2 Å². The highest BCUT2D eigenvalue weighted by molar-refractivity contribution is 7.15. The van der Waals surface area contributed by atoms with Crippen molar-refractivity contribution in [3.8, 4) is 0 Å². The predicted octanol–water partition coefficient (Wildman–Crippen LogP) is 2.72. The monoisotopic (exact) mass is 255 g/mol. The first-order valence-electron chi connectivity index (χ1n) is 6.28. The van der Waals surface area contributed by atoms with Crippen molar-refractivity contribution in [3.05, 3.63) is 5.01 Å². The Balaban J connectivity index is 1.93. The molecule has 96 valence electrons. The minimum absolute atomic E-state index is 0.175. The van der Waals surface area contributed by atoms with E-state index in [4.69, 9.17) is 4.74 Å². The lowest BCUT2D eigenvalue weighted by molar-refractivity contribution is -0.0976. The second kappa shape index (κ2) is 4.90. The molecule has 0 aromatic carbocycles. The summed E-state index contributed by atoms with van der Waals surface area (Å²) in [5.41, 5.74) is 0.175. The third kappa shape index (κ3) is 2.45. The topological polar surface area (TPSA) is 47.0 Å². The van der Waals surface area contributed by atoms with Crippen LogP contribution < -0.4 is 5.32 Å². The third-order valence-electron chi connectivity index (χ3n) is 3.61. The van der Waals surface area contributed by atoms with E-state index in [9.17, 15) is 0 Å². The molecule has 0 saturated heterocycles. The zero-order chi connectivity index (χ0) is 12.5. The van der Waals surface area contributed by atoms with E-state index in [1.165, 1.54) is 0 Å². The number of nitrogens with one attached hydrogen (secondary N) is 1. The maximum absolute atomic E-state index is 5.71. The molecule has 2 rings (SSSR count). The SMILES string of the molecule is CCOC1CC(Nc2nnc(CC)s2)C1(C)C. The van der Waals surface area contributed by atoms with Gasteiger partial charge < -0.3 is 10.1 Å². The average molecular weight is 255 g/mol. The van der Waals surface area contributed by atoms with Gasteiger partial charge in [-0.15, -0.1) is 10.2 Å². The first-order chi connectivity index (χ1) is 8.07. The number of nitrogens with zero attached hydrogens (tertiary/aromatic N) is 2. The molecule has 0 amide bonds. The summed E-state index contributed by atoms with van der Waals surface area (Å²) in [7, 11) is 0. The Kier molecular flexibility index (Phi) is 3.68. The van der Waals surface area contributed by atoms with E-state index in [0.717, 1.165) is 29.6 Å². The van der Waals surface area contributed by atoms with Gasteiger partial charge in [0.25, 0.3) is 0 Å². The summed E-state index contributed by atoms with van der Waals surface area (Å²) in [5.74, 6) is 0. The lowest BCUT2D eigenvalue weighted by atomic mass is 9.64. The molecule has 17 heavy (non-hydrogen) atoms. The molecule has 1 aliphatic rings. The molecule has 1 saturated carbocycles. The van der Waals surface area contributed by atoms with Gasteiger partial charge in [-0.1, -0.05) is 32.1 Å². The van der Waals surface area contributed by atoms with Crippen LogP contribution in [-0.4, -0.2) is 29.0 Å². The molecule has 1 aliphatic carbocycles. The van der Waals surface area contributed by atoms with Gasteiger partial charge in [0.2, 0.25) is 5.13 Å². The van der Waals surface area contributed by atoms with Crippen molar-refractivity contribution in [2.45, 2.75) is 52.7 Å². The molecule has 1 heterocycles. The highest BCUT2D eigenvalue weighted by Crippen LogP contribution is 2.44. The second-order valence-electron chi connectivity index (χ2n) is 5.05. The van der Waals surface area contributed by atoms with Crippen LogP contribution in [0.4, 0.5) is 5.13 Å². The van der Waals surface area contributed by atoms with Crippen LogP contribution in [0.2, 0.25) is 0 Å². The lowest BCUT2D eigenvalue weighted by Crippen LogP contribution is -2.58. The Labute approximate surface area is 107 Å². The molecule has 1 aromatic rings. The first kappa shape index (κ1) is 12.8. The van der Waals surface area contributed by atoms with Gasteiger partial charge in [-0.3, -0.25) is 0 Å². The van der Waals surface area contributed by atoms with Gasteiger partial charge in [0.15, 0.2) is 0 Å². The van der Waals surface area contributed by atoms with Crippen molar-refractivity contribution >= 4 is 16.5 Å². The normalized spacial score (nSPS) is 26.6. The smallest absolute Gasteiger partial charge is 0.205 e. The van der Waals surface area contributed by atoms with Crippen LogP contribution in [0.3, 0.4) is 0 Å². The van der Waals surface area contributed by atoms with Gasteiger partial charge in [-0.2, -0.15) is 0 Å². The number of rotatable bonds is 5. The number of anilines is 1. The summed E-state index contributed by atoms with van der Waals surface area (Å²) in [6.07, 6.45) is 2.38. The summed E-state index contributed by atoms with van der Waals surface area (Å²) < 4.78 is 5.71. The fourth-order valence-electron chi connectivity index (χ4n) is 2.22. The van der Waals surface area contributed by atoms with Crippen LogP contribution in [0.15, 0.2) is 0 Å². The molecule has 0 aliphatic heterocycles. The first-order valence-corrected chi connectivity index (χ1v) is 7.10. The standard InChI is InChI=1S/C12H21N3OS/c1-5-10-14-15-11(17-10)13-8-7-9(16-6-2)12(8,3)4/h8-9H,5-7H2,1-4H3,(H,13,15). The predicted molar refractivity (Wildman–Crippen MR) is 70.5 cm³/mol. The summed E-state index contributed by atoms with van der Waals surface area (Å²) in [4.78, 5) is 0. The molecule has 1 N–H and O–H groups in total. The second-order valence-corrected chi connectivity index (χ2v) is 6.11. The van der Waals surface area contributed by atoms with Gasteiger partial charge in [-0.25, -0.2) is 0 Å². The Morgan fingerprint density at radius 2 is 2.18 bits per heavy atom. The Morgan fingerprint density at radius 3 is 2.71 bits per heavy atom. The molecule has 1 aromatic heterocycles. The number of ether oxygens (including phenoxy) is 1. The molecular weight excluding hydrogens is 234 g/mol. The number of aromatic nitrogens is 2. The summed E-state index contributed by atoms with van der Waals surface area (Å²) in [5, 5.41) is 13.8. The van der Waals surface area contributed by atoms with Gasteiger partial charge in [0, 0.05) is 18.1 Å². The highest BCUT2D eigenvalue weighted by Gasteiger charge is 2.49. The van der Waals surface area contributed by atoms with Gasteiger partial charge in [-0.05, 0) is 19.8 Å². The minimum atomic E-state index is 0.175. The Morgan fingerprint density at radius 1 is 1.41 bits per heavy atom. The maximum Gasteiger partial charge on any atom is 0.205 e. The fourth-order valence-corrected chi connectivity index (χ4v) is 2.95. The van der Waals surface area contributed by atoms with E-state index < -0.39 is 0 Å². The van der Waals surface area contributed by atoms with Crippen LogP contribution in [-0.2, 0) is 11.2 Å². The van der Waals surface area contributed by atoms with Crippen LogP contribution >= 0.6 is 11.3 Å². The summed E-state index contributed by atoms with van der Waals surface area (Å²) in [6, 6.07) is 0.441. The molecule has 5 heteroatoms. The van der Waals surface area contributed by atoms with Crippen molar-refractivity contribution in [2.75, 3.05) is 11.9 Å². The zero-order valence-corrected chi connectivity index (χ0v) is 11.8. The summed E-state index contributed by atoms with van der Waals surface area (Å²) in [6.45, 7) is 9.43. The molecule has 4 nitrogen and oxygen atoms in total. The van der Waals surface area contributed by atoms with E-state index in [-0.39, 0.29) is 5.41 Å². The molecule has 0 bridgehead atoms. The zero-order valence-electron chi connectivity index (χ0n) is 11.0. The van der Waals surface area contributed by atoms with Crippen LogP contribution in [0.1, 0.15) is 39.1 Å². The van der Waals surface area contributed by atoms with Crippen LogP contribution in [0.5, 0.6) is 0 Å². The largest absolute Gasteiger partial charge is 0.378 e. The quantitative estimate of drug-likeness (QED) is 0.879. The van der Waals surface area contributed by atoms with E-state index >= 15 is 0 Å². The van der Waals surface area contributed by atoms with Gasteiger partial charge >= 0.3 is 0 Å². The molecule has 2 atom stereocenters. The molecular formula is C12H21N3OS. The van der Waals surface area contributed by atoms with Crippen molar-refractivity contribution < 1.29 is 4.74 Å². The third-order valence-corrected chi connectivity index (χ3v) is 4.61. The average Bonchev–Trinajstić information content (AvgIpc) is 2.75. The number of aryl methyl sites for hydroxylation is 1. The van der Waals surface area contributed by atoms with Crippen molar-refractivity contribution in [3.63, 3.8) is 0 Å². The maximum atomic E-state index is 5.71. The van der Waals surface area contributed by atoms with E-state index in [1.807, 2.05) is 0 Å². The van der Waals surface area contributed by atoms with Crippen molar-refractivity contribution in [2.24, 2.45) is 5.41 Å². The van der Waals surface area contributed by atoms with Gasteiger partial charge in [0.05, 0.1) is 6.10 Å². The molecule has 0 spiro atoms. The Hall–Kier alpha value is -0.680. The number of hydrogen-bond acceptors (Lipinski definition) is 5. The van der Waals surface area contributed by atoms with Gasteiger partial charge in [0.1, 0.15) is 5.01 Å². The van der Waals surface area contributed by atoms with Crippen molar-refractivity contribution in [1.29, 1.82) is 0 Å². The highest BCUT2D eigenvalue weighted by atomic mass is 32.1. The van der Waals surface area contributed by atoms with E-state index in [1.54, 1.807) is 11.3 Å². The van der Waals surface area contributed by atoms with E-state index in [0.29, 0.717) is 12.1 Å². The summed E-state index contributed by atoms with van der Waals surface area (Å²) >= 11 is 1.65. The van der Waals surface area contributed by atoms with Crippen LogP contribution in [0.25, 0.3) is 0 Å². The Bertz CT molecular complexity index is 378.